The van der Waals surface area contributed by atoms with Crippen LogP contribution in [0.2, 0.25) is 0 Å². The lowest BCUT2D eigenvalue weighted by molar-refractivity contribution is 0.174. The van der Waals surface area contributed by atoms with Crippen molar-refractivity contribution in [2.45, 2.75) is 31.7 Å². The van der Waals surface area contributed by atoms with Gasteiger partial charge in [-0.15, -0.1) is 11.8 Å². The van der Waals surface area contributed by atoms with Crippen molar-refractivity contribution in [2.75, 3.05) is 26.4 Å². The molecule has 0 fully saturated rings. The molecule has 3 heteroatoms. The van der Waals surface area contributed by atoms with Crippen LogP contribution in [0.25, 0.3) is 0 Å². The maximum atomic E-state index is 5.80. The molecule has 2 nitrogen and oxygen atoms in total. The van der Waals surface area contributed by atoms with Crippen molar-refractivity contribution >= 4 is 11.8 Å². The fraction of sp³-hybridized carbons (Fsp3) is 0.600. The van der Waals surface area contributed by atoms with Gasteiger partial charge in [-0.3, -0.25) is 4.90 Å². The van der Waals surface area contributed by atoms with Crippen LogP contribution in [0.4, 0.5) is 0 Å². The zero-order valence-electron chi connectivity index (χ0n) is 12.2. The van der Waals surface area contributed by atoms with E-state index in [2.05, 4.69) is 63.2 Å². The molecule has 1 rings (SSSR count). The quantitative estimate of drug-likeness (QED) is 0.800. The van der Waals surface area contributed by atoms with E-state index in [0.29, 0.717) is 6.04 Å². The highest BCUT2D eigenvalue weighted by Crippen LogP contribution is 2.25. The Balaban J connectivity index is 2.70. The van der Waals surface area contributed by atoms with Crippen LogP contribution in [0.15, 0.2) is 29.2 Å². The largest absolute Gasteiger partial charge is 0.330 e. The molecule has 18 heavy (non-hydrogen) atoms. The number of thioether (sulfide) groups is 1. The second-order valence-electron chi connectivity index (χ2n) is 5.73. The fourth-order valence-electron chi connectivity index (χ4n) is 2.01. The van der Waals surface area contributed by atoms with Gasteiger partial charge < -0.3 is 5.73 Å². The Morgan fingerprint density at radius 2 is 1.83 bits per heavy atom. The smallest absolute Gasteiger partial charge is 0.0317 e. The summed E-state index contributed by atoms with van der Waals surface area (Å²) in [5, 5.41) is 0. The summed E-state index contributed by atoms with van der Waals surface area (Å²) in [5.74, 6) is 0. The van der Waals surface area contributed by atoms with Gasteiger partial charge in [0.2, 0.25) is 0 Å². The molecule has 0 saturated heterocycles. The maximum absolute atomic E-state index is 5.80. The lowest BCUT2D eigenvalue weighted by Crippen LogP contribution is -2.37. The monoisotopic (exact) mass is 266 g/mol. The van der Waals surface area contributed by atoms with Crippen LogP contribution >= 0.6 is 11.8 Å². The first-order valence-electron chi connectivity index (χ1n) is 6.44. The molecule has 0 amide bonds. The average Bonchev–Trinajstić information content (AvgIpc) is 2.37. The Bertz CT molecular complexity index is 359. The molecule has 0 aromatic heterocycles. The van der Waals surface area contributed by atoms with Gasteiger partial charge in [-0.1, -0.05) is 26.0 Å². The highest BCUT2D eigenvalue weighted by atomic mass is 32.2. The third-order valence-electron chi connectivity index (χ3n) is 3.49. The molecule has 0 spiro atoms. The van der Waals surface area contributed by atoms with Gasteiger partial charge in [-0.25, -0.2) is 0 Å². The van der Waals surface area contributed by atoms with Crippen LogP contribution in [0.3, 0.4) is 0 Å². The van der Waals surface area contributed by atoms with Gasteiger partial charge in [0, 0.05) is 17.5 Å². The lowest BCUT2D eigenvalue weighted by Gasteiger charge is -2.33. The molecule has 102 valence electrons. The molecule has 0 aliphatic carbocycles. The van der Waals surface area contributed by atoms with E-state index in [1.807, 2.05) is 0 Å². The Morgan fingerprint density at radius 1 is 1.28 bits per heavy atom. The van der Waals surface area contributed by atoms with Crippen LogP contribution in [0.5, 0.6) is 0 Å². The molecule has 1 atom stereocenters. The number of hydrogen-bond donors (Lipinski definition) is 1. The van der Waals surface area contributed by atoms with Gasteiger partial charge in [0.05, 0.1) is 0 Å². The van der Waals surface area contributed by atoms with Gasteiger partial charge in [0.1, 0.15) is 0 Å². The van der Waals surface area contributed by atoms with Crippen molar-refractivity contribution in [1.29, 1.82) is 0 Å². The zero-order chi connectivity index (χ0) is 13.8. The number of nitrogens with zero attached hydrogens (tertiary/aromatic N) is 1. The van der Waals surface area contributed by atoms with E-state index in [0.717, 1.165) is 13.1 Å². The summed E-state index contributed by atoms with van der Waals surface area (Å²) >= 11 is 1.78. The molecule has 1 unspecified atom stereocenters. The number of hydrogen-bond acceptors (Lipinski definition) is 3. The van der Waals surface area contributed by atoms with E-state index >= 15 is 0 Å². The first-order valence-corrected chi connectivity index (χ1v) is 7.66. The fourth-order valence-corrected chi connectivity index (χ4v) is 2.42. The Morgan fingerprint density at radius 3 is 2.28 bits per heavy atom. The van der Waals surface area contributed by atoms with E-state index in [9.17, 15) is 0 Å². The van der Waals surface area contributed by atoms with E-state index in [1.54, 1.807) is 11.8 Å². The second kappa shape index (κ2) is 6.60. The van der Waals surface area contributed by atoms with Crippen LogP contribution in [-0.2, 0) is 0 Å². The molecular weight excluding hydrogens is 240 g/mol. The van der Waals surface area contributed by atoms with Gasteiger partial charge in [-0.05, 0) is 49.9 Å². The first-order chi connectivity index (χ1) is 8.39. The van der Waals surface area contributed by atoms with E-state index in [4.69, 9.17) is 5.73 Å². The van der Waals surface area contributed by atoms with Crippen molar-refractivity contribution < 1.29 is 0 Å². The summed E-state index contributed by atoms with van der Waals surface area (Å²) in [6, 6.07) is 9.26. The normalized spacial score (nSPS) is 13.9. The minimum Gasteiger partial charge on any atom is -0.330 e. The van der Waals surface area contributed by atoms with Crippen LogP contribution < -0.4 is 5.73 Å². The third kappa shape index (κ3) is 4.30. The zero-order valence-corrected chi connectivity index (χ0v) is 13.1. The van der Waals surface area contributed by atoms with E-state index in [1.165, 1.54) is 10.5 Å². The highest BCUT2D eigenvalue weighted by molar-refractivity contribution is 7.98. The molecule has 1 aromatic carbocycles. The third-order valence-corrected chi connectivity index (χ3v) is 4.23. The van der Waals surface area contributed by atoms with Crippen LogP contribution in [0.1, 0.15) is 32.4 Å². The van der Waals surface area contributed by atoms with Crippen molar-refractivity contribution in [3.8, 4) is 0 Å². The van der Waals surface area contributed by atoms with Gasteiger partial charge in [-0.2, -0.15) is 0 Å². The minimum absolute atomic E-state index is 0.169. The van der Waals surface area contributed by atoms with Crippen molar-refractivity contribution in [1.82, 2.24) is 4.90 Å². The second-order valence-corrected chi connectivity index (χ2v) is 6.61. The van der Waals surface area contributed by atoms with E-state index < -0.39 is 0 Å². The molecule has 0 saturated carbocycles. The van der Waals surface area contributed by atoms with Gasteiger partial charge in [0.25, 0.3) is 0 Å². The maximum Gasteiger partial charge on any atom is 0.0317 e. The summed E-state index contributed by atoms with van der Waals surface area (Å²) in [7, 11) is 2.17. The highest BCUT2D eigenvalue weighted by Gasteiger charge is 2.21. The van der Waals surface area contributed by atoms with E-state index in [-0.39, 0.29) is 5.41 Å². The lowest BCUT2D eigenvalue weighted by atomic mass is 9.92. The average molecular weight is 266 g/mol. The molecule has 0 aliphatic rings. The molecule has 1 aromatic rings. The molecule has 2 N–H and O–H groups in total. The summed E-state index contributed by atoms with van der Waals surface area (Å²) < 4.78 is 0. The van der Waals surface area contributed by atoms with Crippen molar-refractivity contribution in [3.05, 3.63) is 29.8 Å². The van der Waals surface area contributed by atoms with Crippen LogP contribution in [0, 0.1) is 5.41 Å². The Kier molecular flexibility index (Phi) is 5.70. The summed E-state index contributed by atoms with van der Waals surface area (Å²) in [6.45, 7) is 8.41. The van der Waals surface area contributed by atoms with Crippen LogP contribution in [-0.4, -0.2) is 31.3 Å². The van der Waals surface area contributed by atoms with Crippen molar-refractivity contribution in [3.63, 3.8) is 0 Å². The van der Waals surface area contributed by atoms with Gasteiger partial charge >= 0.3 is 0 Å². The minimum atomic E-state index is 0.169. The molecular formula is C15H26N2S. The predicted octanol–water partition coefficient (Wildman–Crippen LogP) is 3.39. The number of rotatable bonds is 6. The summed E-state index contributed by atoms with van der Waals surface area (Å²) in [6.07, 6.45) is 2.11. The summed E-state index contributed by atoms with van der Waals surface area (Å²) in [5.41, 5.74) is 7.33. The SMILES string of the molecule is CSc1ccc(C(C)N(C)CC(C)(C)CN)cc1. The number of nitrogens with two attached hydrogens (primary N) is 1. The first kappa shape index (κ1) is 15.5. The standard InChI is InChI=1S/C15H26N2S/c1-12(17(4)11-15(2,3)10-16)13-6-8-14(18-5)9-7-13/h6-9,12H,10-11,16H2,1-5H3. The molecule has 0 aliphatic heterocycles. The number of benzene rings is 1. The van der Waals surface area contributed by atoms with Crippen molar-refractivity contribution in [2.24, 2.45) is 11.1 Å². The van der Waals surface area contributed by atoms with Gasteiger partial charge in [0.15, 0.2) is 0 Å². The topological polar surface area (TPSA) is 29.3 Å². The molecule has 0 radical (unpaired) electrons. The Labute approximate surface area is 116 Å². The predicted molar refractivity (Wildman–Crippen MR) is 82.1 cm³/mol. The Hall–Kier alpha value is -0.510. The molecule has 0 heterocycles. The summed E-state index contributed by atoms with van der Waals surface area (Å²) in [4.78, 5) is 3.69. The molecule has 0 bridgehead atoms.